The van der Waals surface area contributed by atoms with Crippen molar-refractivity contribution in [2.45, 2.75) is 71.6 Å². The molecular formula is C20H30O2. The first-order valence-electron chi connectivity index (χ1n) is 8.81. The predicted molar refractivity (Wildman–Crippen MR) is 92.9 cm³/mol. The Bertz CT molecular complexity index is 517. The van der Waals surface area contributed by atoms with Gasteiger partial charge >= 0.3 is 0 Å². The van der Waals surface area contributed by atoms with Crippen molar-refractivity contribution in [2.24, 2.45) is 0 Å². The molecule has 0 spiro atoms. The molecule has 1 aromatic rings. The average Bonchev–Trinajstić information content (AvgIpc) is 2.47. The highest BCUT2D eigenvalue weighted by Crippen LogP contribution is 2.40. The van der Waals surface area contributed by atoms with Gasteiger partial charge in [0.05, 0.1) is 6.61 Å². The second kappa shape index (κ2) is 8.26. The number of ether oxygens (including phenoxy) is 1. The van der Waals surface area contributed by atoms with Gasteiger partial charge in [-0.15, -0.1) is 0 Å². The standard InChI is InChI=1S/C20H30O2/c1-4-6-7-10-17-13-18(21)14-19(22-5-2)20(17)16-11-8-9-15(3)12-16/h12-14,16,21H,4-11H2,1-3H3/t16-/m0/s1. The number of aromatic hydroxyl groups is 1. The number of hydrogen-bond acceptors (Lipinski definition) is 2. The van der Waals surface area contributed by atoms with Crippen LogP contribution < -0.4 is 4.74 Å². The van der Waals surface area contributed by atoms with Crippen LogP contribution in [0.25, 0.3) is 0 Å². The highest BCUT2D eigenvalue weighted by Gasteiger charge is 2.22. The molecule has 0 aliphatic heterocycles. The normalized spacial score (nSPS) is 18.1. The molecule has 122 valence electrons. The maximum atomic E-state index is 10.1. The molecule has 0 heterocycles. The van der Waals surface area contributed by atoms with E-state index < -0.39 is 0 Å². The summed E-state index contributed by atoms with van der Waals surface area (Å²) < 4.78 is 5.86. The van der Waals surface area contributed by atoms with E-state index >= 15 is 0 Å². The van der Waals surface area contributed by atoms with Crippen molar-refractivity contribution in [2.75, 3.05) is 6.61 Å². The number of unbranched alkanes of at least 4 members (excludes halogenated alkanes) is 2. The van der Waals surface area contributed by atoms with E-state index in [-0.39, 0.29) is 0 Å². The Balaban J connectivity index is 2.39. The van der Waals surface area contributed by atoms with Gasteiger partial charge in [0.1, 0.15) is 11.5 Å². The molecule has 0 unspecified atom stereocenters. The van der Waals surface area contributed by atoms with Gasteiger partial charge in [0.15, 0.2) is 0 Å². The van der Waals surface area contributed by atoms with Crippen LogP contribution in [-0.4, -0.2) is 11.7 Å². The van der Waals surface area contributed by atoms with Crippen LogP contribution in [0.5, 0.6) is 11.5 Å². The predicted octanol–water partition coefficient (Wildman–Crippen LogP) is 5.74. The van der Waals surface area contributed by atoms with Gasteiger partial charge < -0.3 is 9.84 Å². The van der Waals surface area contributed by atoms with Gasteiger partial charge in [0.2, 0.25) is 0 Å². The summed E-state index contributed by atoms with van der Waals surface area (Å²) in [7, 11) is 0. The number of aryl methyl sites for hydroxylation is 1. The van der Waals surface area contributed by atoms with E-state index in [1.807, 2.05) is 13.0 Å². The van der Waals surface area contributed by atoms with Gasteiger partial charge in [-0.3, -0.25) is 0 Å². The Morgan fingerprint density at radius 2 is 2.05 bits per heavy atom. The van der Waals surface area contributed by atoms with E-state index in [2.05, 4.69) is 19.9 Å². The fraction of sp³-hybridized carbons (Fsp3) is 0.600. The average molecular weight is 302 g/mol. The van der Waals surface area contributed by atoms with Crippen molar-refractivity contribution in [3.05, 3.63) is 34.9 Å². The third kappa shape index (κ3) is 4.28. The molecule has 0 saturated heterocycles. The van der Waals surface area contributed by atoms with Crippen LogP contribution in [-0.2, 0) is 6.42 Å². The summed E-state index contributed by atoms with van der Waals surface area (Å²) >= 11 is 0. The molecular weight excluding hydrogens is 272 g/mol. The van der Waals surface area contributed by atoms with Crippen LogP contribution in [0.1, 0.15) is 76.3 Å². The molecule has 2 rings (SSSR count). The molecule has 0 saturated carbocycles. The third-order valence-corrected chi connectivity index (χ3v) is 4.50. The van der Waals surface area contributed by atoms with Gasteiger partial charge in [-0.25, -0.2) is 0 Å². The maximum absolute atomic E-state index is 10.1. The summed E-state index contributed by atoms with van der Waals surface area (Å²) in [5.74, 6) is 1.65. The summed E-state index contributed by atoms with van der Waals surface area (Å²) in [5, 5.41) is 10.1. The molecule has 0 aromatic heterocycles. The lowest BCUT2D eigenvalue weighted by atomic mass is 9.82. The Morgan fingerprint density at radius 1 is 1.23 bits per heavy atom. The SMILES string of the molecule is CCCCCc1cc(O)cc(OCC)c1[C@@H]1C=C(C)CCC1. The fourth-order valence-corrected chi connectivity index (χ4v) is 3.47. The zero-order valence-corrected chi connectivity index (χ0v) is 14.3. The summed E-state index contributed by atoms with van der Waals surface area (Å²) in [4.78, 5) is 0. The van der Waals surface area contributed by atoms with Gasteiger partial charge in [-0.1, -0.05) is 31.4 Å². The lowest BCUT2D eigenvalue weighted by Crippen LogP contribution is -2.09. The highest BCUT2D eigenvalue weighted by atomic mass is 16.5. The second-order valence-corrected chi connectivity index (χ2v) is 6.42. The van der Waals surface area contributed by atoms with Gasteiger partial charge in [-0.05, 0) is 57.6 Å². The zero-order valence-electron chi connectivity index (χ0n) is 14.3. The molecule has 0 bridgehead atoms. The van der Waals surface area contributed by atoms with E-state index in [0.29, 0.717) is 18.3 Å². The molecule has 0 radical (unpaired) electrons. The van der Waals surface area contributed by atoms with Gasteiger partial charge in [0.25, 0.3) is 0 Å². The Morgan fingerprint density at radius 3 is 2.73 bits per heavy atom. The van der Waals surface area contributed by atoms with Crippen molar-refractivity contribution in [3.63, 3.8) is 0 Å². The lowest BCUT2D eigenvalue weighted by Gasteiger charge is -2.25. The van der Waals surface area contributed by atoms with Crippen LogP contribution in [0.4, 0.5) is 0 Å². The number of phenols is 1. The quantitative estimate of drug-likeness (QED) is 0.514. The fourth-order valence-electron chi connectivity index (χ4n) is 3.47. The van der Waals surface area contributed by atoms with E-state index in [9.17, 15) is 5.11 Å². The largest absolute Gasteiger partial charge is 0.508 e. The molecule has 0 fully saturated rings. The maximum Gasteiger partial charge on any atom is 0.127 e. The first-order valence-corrected chi connectivity index (χ1v) is 8.81. The summed E-state index contributed by atoms with van der Waals surface area (Å²) in [5.41, 5.74) is 4.06. The summed E-state index contributed by atoms with van der Waals surface area (Å²) in [6, 6.07) is 3.74. The zero-order chi connectivity index (χ0) is 15.9. The Hall–Kier alpha value is -1.44. The molecule has 1 aliphatic rings. The molecule has 2 nitrogen and oxygen atoms in total. The van der Waals surface area contributed by atoms with E-state index in [0.717, 1.165) is 12.2 Å². The minimum absolute atomic E-state index is 0.329. The number of benzene rings is 1. The molecule has 1 atom stereocenters. The minimum atomic E-state index is 0.329. The monoisotopic (exact) mass is 302 g/mol. The summed E-state index contributed by atoms with van der Waals surface area (Å²) in [6.45, 7) is 7.10. The molecule has 0 amide bonds. The topological polar surface area (TPSA) is 29.5 Å². The van der Waals surface area contributed by atoms with Crippen LogP contribution in [0, 0.1) is 0 Å². The van der Waals surface area contributed by atoms with Crippen molar-refractivity contribution < 1.29 is 9.84 Å². The summed E-state index contributed by atoms with van der Waals surface area (Å²) in [6.07, 6.45) is 10.7. The van der Waals surface area contributed by atoms with E-state index in [1.54, 1.807) is 6.07 Å². The molecule has 1 aromatic carbocycles. The van der Waals surface area contributed by atoms with Crippen molar-refractivity contribution in [1.82, 2.24) is 0 Å². The van der Waals surface area contributed by atoms with E-state index in [4.69, 9.17) is 4.74 Å². The van der Waals surface area contributed by atoms with Crippen molar-refractivity contribution >= 4 is 0 Å². The molecule has 22 heavy (non-hydrogen) atoms. The van der Waals surface area contributed by atoms with Crippen LogP contribution in [0.15, 0.2) is 23.8 Å². The number of rotatable bonds is 7. The van der Waals surface area contributed by atoms with Crippen LogP contribution in [0.2, 0.25) is 0 Å². The second-order valence-electron chi connectivity index (χ2n) is 6.42. The van der Waals surface area contributed by atoms with Crippen LogP contribution in [0.3, 0.4) is 0 Å². The Labute approximate surface area is 135 Å². The molecule has 2 heteroatoms. The molecule has 1 aliphatic carbocycles. The number of hydrogen-bond donors (Lipinski definition) is 1. The lowest BCUT2D eigenvalue weighted by molar-refractivity contribution is 0.331. The number of allylic oxidation sites excluding steroid dienone is 2. The first kappa shape index (κ1) is 16.9. The van der Waals surface area contributed by atoms with Gasteiger partial charge in [-0.2, -0.15) is 0 Å². The number of phenolic OH excluding ortho intramolecular Hbond substituents is 1. The van der Waals surface area contributed by atoms with Crippen molar-refractivity contribution in [1.29, 1.82) is 0 Å². The smallest absolute Gasteiger partial charge is 0.127 e. The highest BCUT2D eigenvalue weighted by molar-refractivity contribution is 5.50. The third-order valence-electron chi connectivity index (χ3n) is 4.50. The minimum Gasteiger partial charge on any atom is -0.508 e. The Kier molecular flexibility index (Phi) is 6.35. The molecule has 1 N–H and O–H groups in total. The van der Waals surface area contributed by atoms with Crippen LogP contribution >= 0.6 is 0 Å². The van der Waals surface area contributed by atoms with Crippen molar-refractivity contribution in [3.8, 4) is 11.5 Å². The van der Waals surface area contributed by atoms with Gasteiger partial charge in [0, 0.05) is 17.5 Å². The first-order chi connectivity index (χ1) is 10.7. The van der Waals surface area contributed by atoms with E-state index in [1.165, 1.54) is 55.2 Å².